The molecule has 48 heavy (non-hydrogen) atoms. The van der Waals surface area contributed by atoms with Gasteiger partial charge in [0, 0.05) is 32.2 Å². The van der Waals surface area contributed by atoms with Crippen LogP contribution in [0.5, 0.6) is 5.75 Å². The molecule has 1 aliphatic carbocycles. The molecule has 0 saturated heterocycles. The van der Waals surface area contributed by atoms with Gasteiger partial charge in [0.05, 0.1) is 11.3 Å². The highest BCUT2D eigenvalue weighted by Crippen LogP contribution is 2.40. The molecule has 0 heterocycles. The van der Waals surface area contributed by atoms with Gasteiger partial charge < -0.3 is 10.1 Å². The molecule has 0 bridgehead atoms. The third-order valence-electron chi connectivity index (χ3n) is 8.94. The van der Waals surface area contributed by atoms with Crippen molar-refractivity contribution in [2.75, 3.05) is 5.32 Å². The first kappa shape index (κ1) is 33.3. The number of benzene rings is 5. The van der Waals surface area contributed by atoms with Crippen LogP contribution in [0.25, 0.3) is 0 Å². The van der Waals surface area contributed by atoms with E-state index in [1.54, 1.807) is 12.1 Å². The third-order valence-corrected chi connectivity index (χ3v) is 10.0. The second-order valence-corrected chi connectivity index (χ2v) is 13.9. The van der Waals surface area contributed by atoms with Crippen LogP contribution in [0.3, 0.4) is 0 Å². The Balaban J connectivity index is 1.14. The lowest BCUT2D eigenvalue weighted by atomic mass is 9.83. The normalized spacial score (nSPS) is 12.2. The monoisotopic (exact) mass is 653 g/mol. The summed E-state index contributed by atoms with van der Waals surface area (Å²) in [5.74, 6) is 1.01. The van der Waals surface area contributed by atoms with Gasteiger partial charge in [0.15, 0.2) is 11.6 Å². The Labute approximate surface area is 289 Å². The molecular formula is C43H43NO3S. The molecule has 6 rings (SSSR count). The number of carbonyl (C=O) groups excluding carboxylic acids is 2. The Kier molecular flexibility index (Phi) is 10.8. The van der Waals surface area contributed by atoms with Crippen LogP contribution in [0, 0.1) is 0 Å². The van der Waals surface area contributed by atoms with Crippen molar-refractivity contribution in [1.29, 1.82) is 0 Å². The number of rotatable bonds is 14. The highest BCUT2D eigenvalue weighted by Gasteiger charge is 2.33. The van der Waals surface area contributed by atoms with Crippen LogP contribution < -0.4 is 10.1 Å². The Morgan fingerprint density at radius 1 is 0.667 bits per heavy atom. The van der Waals surface area contributed by atoms with Crippen LogP contribution in [-0.2, 0) is 13.0 Å². The van der Waals surface area contributed by atoms with E-state index in [9.17, 15) is 9.59 Å². The van der Waals surface area contributed by atoms with E-state index >= 15 is 0 Å². The molecule has 0 saturated carbocycles. The number of fused-ring (bicyclic) bond motifs is 2. The summed E-state index contributed by atoms with van der Waals surface area (Å²) in [5.41, 5.74) is 7.05. The van der Waals surface area contributed by atoms with Gasteiger partial charge in [0.2, 0.25) is 0 Å². The highest BCUT2D eigenvalue weighted by atomic mass is 32.2. The molecular weight excluding hydrogens is 611 g/mol. The van der Waals surface area contributed by atoms with Crippen molar-refractivity contribution in [2.24, 2.45) is 0 Å². The largest absolute Gasteiger partial charge is 0.489 e. The second kappa shape index (κ2) is 15.5. The van der Waals surface area contributed by atoms with Crippen LogP contribution in [0.4, 0.5) is 11.4 Å². The van der Waals surface area contributed by atoms with Crippen molar-refractivity contribution in [3.8, 4) is 5.75 Å². The number of unbranched alkanes of at least 4 members (excludes halogenated alkanes) is 4. The van der Waals surface area contributed by atoms with E-state index in [-0.39, 0.29) is 11.6 Å². The van der Waals surface area contributed by atoms with Crippen LogP contribution in [-0.4, -0.2) is 11.6 Å². The molecule has 4 nitrogen and oxygen atoms in total. The average molecular weight is 654 g/mol. The Morgan fingerprint density at radius 3 is 2.02 bits per heavy atom. The van der Waals surface area contributed by atoms with Crippen LogP contribution in [0.1, 0.15) is 107 Å². The molecule has 244 valence electrons. The van der Waals surface area contributed by atoms with Crippen molar-refractivity contribution in [3.05, 3.63) is 148 Å². The summed E-state index contributed by atoms with van der Waals surface area (Å²) >= 11 is 1.48. The summed E-state index contributed by atoms with van der Waals surface area (Å²) in [7, 11) is 0. The molecule has 0 spiro atoms. The number of hydrogen-bond donors (Lipinski definition) is 1. The zero-order chi connectivity index (χ0) is 33.5. The first-order chi connectivity index (χ1) is 23.4. The maximum absolute atomic E-state index is 14.0. The summed E-state index contributed by atoms with van der Waals surface area (Å²) < 4.78 is 6.03. The minimum absolute atomic E-state index is 0.131. The minimum atomic E-state index is -0.140. The fraction of sp³-hybridized carbons (Fsp3) is 0.256. The summed E-state index contributed by atoms with van der Waals surface area (Å²) in [6.45, 7) is 7.11. The van der Waals surface area contributed by atoms with Crippen LogP contribution in [0.15, 0.2) is 119 Å². The minimum Gasteiger partial charge on any atom is -0.489 e. The summed E-state index contributed by atoms with van der Waals surface area (Å²) in [6.07, 6.45) is 7.38. The molecule has 0 radical (unpaired) electrons. The molecule has 5 aromatic carbocycles. The molecule has 0 amide bonds. The zero-order valence-electron chi connectivity index (χ0n) is 28.1. The fourth-order valence-electron chi connectivity index (χ4n) is 6.14. The number of aryl methyl sites for hydroxylation is 1. The average Bonchev–Trinajstić information content (AvgIpc) is 3.11. The van der Waals surface area contributed by atoms with Crippen LogP contribution in [0.2, 0.25) is 0 Å². The lowest BCUT2D eigenvalue weighted by Gasteiger charge is -2.22. The maximum atomic E-state index is 14.0. The number of nitrogens with one attached hydrogen (secondary N) is 1. The predicted molar refractivity (Wildman–Crippen MR) is 197 cm³/mol. The first-order valence-corrected chi connectivity index (χ1v) is 17.9. The van der Waals surface area contributed by atoms with Gasteiger partial charge in [-0.2, -0.15) is 0 Å². The van der Waals surface area contributed by atoms with E-state index in [0.717, 1.165) is 33.2 Å². The van der Waals surface area contributed by atoms with Gasteiger partial charge in [-0.05, 0) is 84.0 Å². The summed E-state index contributed by atoms with van der Waals surface area (Å²) in [6, 6.07) is 35.8. The van der Waals surface area contributed by atoms with Gasteiger partial charge in [0.1, 0.15) is 12.4 Å². The Morgan fingerprint density at radius 2 is 1.31 bits per heavy atom. The van der Waals surface area contributed by atoms with E-state index in [4.69, 9.17) is 4.74 Å². The zero-order valence-corrected chi connectivity index (χ0v) is 28.9. The van der Waals surface area contributed by atoms with Crippen molar-refractivity contribution < 1.29 is 14.3 Å². The smallest absolute Gasteiger partial charge is 0.196 e. The topological polar surface area (TPSA) is 55.4 Å². The molecule has 1 N–H and O–H groups in total. The number of hydrogen-bond acceptors (Lipinski definition) is 5. The lowest BCUT2D eigenvalue weighted by Crippen LogP contribution is -2.23. The first-order valence-electron chi connectivity index (χ1n) is 17.1. The van der Waals surface area contributed by atoms with Crippen molar-refractivity contribution in [2.45, 2.75) is 81.6 Å². The van der Waals surface area contributed by atoms with Crippen molar-refractivity contribution >= 4 is 34.7 Å². The number of anilines is 2. The summed E-state index contributed by atoms with van der Waals surface area (Å²) in [5, 5.41) is 3.42. The van der Waals surface area contributed by atoms with Gasteiger partial charge >= 0.3 is 0 Å². The van der Waals surface area contributed by atoms with Crippen molar-refractivity contribution in [3.63, 3.8) is 0 Å². The van der Waals surface area contributed by atoms with Gasteiger partial charge in [-0.1, -0.05) is 119 Å². The van der Waals surface area contributed by atoms with Crippen molar-refractivity contribution in [1.82, 2.24) is 0 Å². The standard InChI is InChI=1S/C43H43NO3S/c1-4-5-6-7-8-11-30-18-22-33(23-19-30)44-38-14-9-12-36-40(38)42(45)37-13-10-15-39(41(37)43(36)46)48-35-26-24-34(25-27-35)47-28-31-16-20-32(21-17-31)29(2)3/h9-10,12-27,29,44H,4-8,11,28H2,1-3H3. The highest BCUT2D eigenvalue weighted by molar-refractivity contribution is 7.99. The number of ether oxygens (including phenoxy) is 1. The molecule has 0 atom stereocenters. The maximum Gasteiger partial charge on any atom is 0.196 e. The second-order valence-electron chi connectivity index (χ2n) is 12.8. The van der Waals surface area contributed by atoms with E-state index < -0.39 is 0 Å². The predicted octanol–water partition coefficient (Wildman–Crippen LogP) is 11.6. The van der Waals surface area contributed by atoms with E-state index in [1.165, 1.54) is 55.0 Å². The fourth-order valence-corrected chi connectivity index (χ4v) is 7.12. The molecule has 0 fully saturated rings. The third kappa shape index (κ3) is 7.74. The molecule has 1 aliphatic rings. The molecule has 5 aromatic rings. The quantitative estimate of drug-likeness (QED) is 0.119. The SMILES string of the molecule is CCCCCCCc1ccc(Nc2cccc3c2C(=O)c2cccc(Sc4ccc(OCc5ccc(C(C)C)cc5)cc4)c2C3=O)cc1. The Hall–Kier alpha value is -4.61. The lowest BCUT2D eigenvalue weighted by molar-refractivity contribution is 0.0977. The van der Waals surface area contributed by atoms with E-state index in [2.05, 4.69) is 74.6 Å². The van der Waals surface area contributed by atoms with Gasteiger partial charge in [-0.15, -0.1) is 0 Å². The number of ketones is 2. The van der Waals surface area contributed by atoms with Gasteiger partial charge in [-0.25, -0.2) is 0 Å². The van der Waals surface area contributed by atoms with Crippen LogP contribution >= 0.6 is 11.8 Å². The molecule has 0 unspecified atom stereocenters. The van der Waals surface area contributed by atoms with E-state index in [1.807, 2.05) is 48.5 Å². The molecule has 0 aliphatic heterocycles. The molecule has 5 heteroatoms. The molecule has 0 aromatic heterocycles. The summed E-state index contributed by atoms with van der Waals surface area (Å²) in [4.78, 5) is 29.7. The van der Waals surface area contributed by atoms with E-state index in [0.29, 0.717) is 40.5 Å². The van der Waals surface area contributed by atoms with Gasteiger partial charge in [-0.3, -0.25) is 9.59 Å². The number of carbonyl (C=O) groups is 2. The van der Waals surface area contributed by atoms with Gasteiger partial charge in [0.25, 0.3) is 0 Å². The Bertz CT molecular complexity index is 1880.